The summed E-state index contributed by atoms with van der Waals surface area (Å²) in [7, 11) is 0. The van der Waals surface area contributed by atoms with Gasteiger partial charge in [0.25, 0.3) is 0 Å². The van der Waals surface area contributed by atoms with Gasteiger partial charge in [-0.2, -0.15) is 5.21 Å². The second-order valence-electron chi connectivity index (χ2n) is 4.56. The van der Waals surface area contributed by atoms with Gasteiger partial charge in [0.15, 0.2) is 5.82 Å². The highest BCUT2D eigenvalue weighted by Gasteiger charge is 2.27. The Morgan fingerprint density at radius 1 is 1.47 bits per heavy atom. The molecule has 1 amide bonds. The third-order valence-corrected chi connectivity index (χ3v) is 3.20. The van der Waals surface area contributed by atoms with Gasteiger partial charge in [0, 0.05) is 12.1 Å². The summed E-state index contributed by atoms with van der Waals surface area (Å²) in [5.74, 6) is 0.414. The number of benzene rings is 1. The molecule has 0 bridgehead atoms. The minimum absolute atomic E-state index is 0.0616. The van der Waals surface area contributed by atoms with Crippen LogP contribution in [0.3, 0.4) is 0 Å². The van der Waals surface area contributed by atoms with Crippen LogP contribution in [0.4, 0.5) is 5.69 Å². The number of amides is 1. The van der Waals surface area contributed by atoms with E-state index < -0.39 is 0 Å². The molecule has 2 atom stereocenters. The summed E-state index contributed by atoms with van der Waals surface area (Å²) in [4.78, 5) is 12.2. The Hall–Kier alpha value is -2.44. The molecule has 3 rings (SSSR count). The normalized spacial score (nSPS) is 18.5. The van der Waals surface area contributed by atoms with E-state index in [1.54, 1.807) is 0 Å². The monoisotopic (exact) mass is 258 g/mol. The van der Waals surface area contributed by atoms with Crippen LogP contribution >= 0.6 is 0 Å². The van der Waals surface area contributed by atoms with Crippen LogP contribution in [-0.2, 0) is 11.2 Å². The van der Waals surface area contributed by atoms with E-state index >= 15 is 0 Å². The molecule has 98 valence electrons. The number of aromatic amines is 1. The molecule has 1 aromatic heterocycles. The summed E-state index contributed by atoms with van der Waals surface area (Å²) < 4.78 is 0. The minimum Gasteiger partial charge on any atom is -0.373 e. The van der Waals surface area contributed by atoms with Crippen LogP contribution in [-0.4, -0.2) is 32.6 Å². The maximum Gasteiger partial charge on any atom is 0.243 e. The highest BCUT2D eigenvalue weighted by molar-refractivity contribution is 5.87. The third-order valence-electron chi connectivity index (χ3n) is 3.20. The van der Waals surface area contributed by atoms with Gasteiger partial charge < -0.3 is 10.6 Å². The van der Waals surface area contributed by atoms with Gasteiger partial charge in [-0.1, -0.05) is 23.4 Å². The number of carbonyl (C=O) groups is 1. The number of tetrazole rings is 1. The van der Waals surface area contributed by atoms with Crippen molar-refractivity contribution in [3.8, 4) is 0 Å². The highest BCUT2D eigenvalue weighted by Crippen LogP contribution is 2.25. The summed E-state index contributed by atoms with van der Waals surface area (Å²) >= 11 is 0. The lowest BCUT2D eigenvalue weighted by molar-refractivity contribution is -0.122. The molecule has 0 saturated carbocycles. The van der Waals surface area contributed by atoms with Gasteiger partial charge in [0.05, 0.1) is 6.04 Å². The molecule has 2 aromatic rings. The molecule has 0 fully saturated rings. The first kappa shape index (κ1) is 11.6. The van der Waals surface area contributed by atoms with Gasteiger partial charge >= 0.3 is 0 Å². The van der Waals surface area contributed by atoms with Crippen molar-refractivity contribution < 1.29 is 4.79 Å². The standard InChI is InChI=1S/C12H14N6O/c1-7(11-15-17-18-16-11)13-12(19)10-6-8-4-2-3-5-9(8)14-10/h2-5,7,10,14H,6H2,1H3,(H,13,19)(H,15,16,17,18). The van der Waals surface area contributed by atoms with Crippen molar-refractivity contribution in [2.45, 2.75) is 25.4 Å². The summed E-state index contributed by atoms with van der Waals surface area (Å²) in [6.07, 6.45) is 0.695. The predicted molar refractivity (Wildman–Crippen MR) is 68.3 cm³/mol. The first-order chi connectivity index (χ1) is 9.24. The average molecular weight is 258 g/mol. The molecule has 1 aromatic carbocycles. The van der Waals surface area contributed by atoms with Gasteiger partial charge in [-0.3, -0.25) is 4.79 Å². The van der Waals surface area contributed by atoms with Gasteiger partial charge in [0.1, 0.15) is 6.04 Å². The first-order valence-corrected chi connectivity index (χ1v) is 6.12. The largest absolute Gasteiger partial charge is 0.373 e. The van der Waals surface area contributed by atoms with Crippen molar-refractivity contribution in [3.63, 3.8) is 0 Å². The van der Waals surface area contributed by atoms with Gasteiger partial charge in [0.2, 0.25) is 5.91 Å². The SMILES string of the molecule is CC(NC(=O)C1Cc2ccccc2N1)c1nn[nH]n1. The van der Waals surface area contributed by atoms with Gasteiger partial charge in [-0.05, 0) is 18.6 Å². The van der Waals surface area contributed by atoms with Crippen molar-refractivity contribution in [2.24, 2.45) is 0 Å². The molecule has 19 heavy (non-hydrogen) atoms. The van der Waals surface area contributed by atoms with Crippen molar-refractivity contribution in [2.75, 3.05) is 5.32 Å². The number of H-pyrrole nitrogens is 1. The molecule has 3 N–H and O–H groups in total. The van der Waals surface area contributed by atoms with E-state index in [0.717, 1.165) is 11.3 Å². The summed E-state index contributed by atoms with van der Waals surface area (Å²) in [5.41, 5.74) is 2.18. The quantitative estimate of drug-likeness (QED) is 0.741. The molecule has 1 aliphatic heterocycles. The Morgan fingerprint density at radius 2 is 2.32 bits per heavy atom. The van der Waals surface area contributed by atoms with Crippen molar-refractivity contribution >= 4 is 11.6 Å². The zero-order chi connectivity index (χ0) is 13.2. The highest BCUT2D eigenvalue weighted by atomic mass is 16.2. The Morgan fingerprint density at radius 3 is 3.05 bits per heavy atom. The fourth-order valence-corrected chi connectivity index (χ4v) is 2.19. The number of carbonyl (C=O) groups excluding carboxylic acids is 1. The van der Waals surface area contributed by atoms with E-state index in [9.17, 15) is 4.79 Å². The Kier molecular flexibility index (Phi) is 2.86. The van der Waals surface area contributed by atoms with Crippen LogP contribution in [0.2, 0.25) is 0 Å². The number of fused-ring (bicyclic) bond motifs is 1. The zero-order valence-electron chi connectivity index (χ0n) is 10.4. The summed E-state index contributed by atoms with van der Waals surface area (Å²) in [6.45, 7) is 1.82. The Labute approximate surface area is 109 Å². The maximum atomic E-state index is 12.2. The number of hydrogen-bond donors (Lipinski definition) is 3. The molecule has 0 radical (unpaired) electrons. The topological polar surface area (TPSA) is 95.6 Å². The lowest BCUT2D eigenvalue weighted by Gasteiger charge is -2.15. The molecule has 0 spiro atoms. The second-order valence-corrected chi connectivity index (χ2v) is 4.56. The molecule has 0 saturated heterocycles. The van der Waals surface area contributed by atoms with Crippen molar-refractivity contribution in [1.82, 2.24) is 25.9 Å². The van der Waals surface area contributed by atoms with Crippen LogP contribution in [0.1, 0.15) is 24.4 Å². The summed E-state index contributed by atoms with van der Waals surface area (Å²) in [5, 5.41) is 19.6. The number of anilines is 1. The molecular weight excluding hydrogens is 244 g/mol. The van der Waals surface area contributed by atoms with Crippen LogP contribution in [0.15, 0.2) is 24.3 Å². The first-order valence-electron chi connectivity index (χ1n) is 6.12. The molecule has 7 heteroatoms. The van der Waals surface area contributed by atoms with Gasteiger partial charge in [-0.25, -0.2) is 0 Å². The van der Waals surface area contributed by atoms with Crippen LogP contribution in [0.25, 0.3) is 0 Å². The van der Waals surface area contributed by atoms with E-state index in [4.69, 9.17) is 0 Å². The Bertz CT molecular complexity index is 557. The number of nitrogens with one attached hydrogen (secondary N) is 3. The van der Waals surface area contributed by atoms with E-state index in [1.165, 1.54) is 0 Å². The van der Waals surface area contributed by atoms with Crippen LogP contribution < -0.4 is 10.6 Å². The zero-order valence-corrected chi connectivity index (χ0v) is 10.4. The molecule has 7 nitrogen and oxygen atoms in total. The molecular formula is C12H14N6O. The fourth-order valence-electron chi connectivity index (χ4n) is 2.19. The number of rotatable bonds is 3. The maximum absolute atomic E-state index is 12.2. The predicted octanol–water partition coefficient (Wildman–Crippen LogP) is 0.414. The molecule has 2 heterocycles. The number of nitrogens with zero attached hydrogens (tertiary/aromatic N) is 3. The second kappa shape index (κ2) is 4.68. The minimum atomic E-state index is -0.267. The number of para-hydroxylation sites is 1. The summed E-state index contributed by atoms with van der Waals surface area (Å²) in [6, 6.07) is 7.42. The lowest BCUT2D eigenvalue weighted by Crippen LogP contribution is -2.39. The van der Waals surface area contributed by atoms with Crippen molar-refractivity contribution in [3.05, 3.63) is 35.7 Å². The van der Waals surface area contributed by atoms with E-state index in [1.807, 2.05) is 31.2 Å². The van der Waals surface area contributed by atoms with Crippen LogP contribution in [0.5, 0.6) is 0 Å². The molecule has 0 aliphatic carbocycles. The smallest absolute Gasteiger partial charge is 0.243 e. The van der Waals surface area contributed by atoms with Gasteiger partial charge in [-0.15, -0.1) is 10.2 Å². The number of aromatic nitrogens is 4. The third kappa shape index (κ3) is 2.26. The average Bonchev–Trinajstić information content (AvgIpc) is 3.07. The van der Waals surface area contributed by atoms with Crippen molar-refractivity contribution in [1.29, 1.82) is 0 Å². The number of hydrogen-bond acceptors (Lipinski definition) is 5. The molecule has 1 aliphatic rings. The lowest BCUT2D eigenvalue weighted by atomic mass is 10.1. The fraction of sp³-hybridized carbons (Fsp3) is 0.333. The van der Waals surface area contributed by atoms with E-state index in [2.05, 4.69) is 31.3 Å². The molecule has 2 unspecified atom stereocenters. The Balaban J connectivity index is 1.64. The van der Waals surface area contributed by atoms with E-state index in [-0.39, 0.29) is 18.0 Å². The van der Waals surface area contributed by atoms with E-state index in [0.29, 0.717) is 12.2 Å². The van der Waals surface area contributed by atoms with Crippen LogP contribution in [0, 0.1) is 0 Å².